The van der Waals surface area contributed by atoms with Crippen molar-refractivity contribution in [3.63, 3.8) is 0 Å². The van der Waals surface area contributed by atoms with Crippen LogP contribution in [0.25, 0.3) is 0 Å². The Morgan fingerprint density at radius 3 is 2.70 bits per heavy atom. The second-order valence-electron chi connectivity index (χ2n) is 5.37. The Balaban J connectivity index is 2.33. The van der Waals surface area contributed by atoms with Gasteiger partial charge in [0.2, 0.25) is 0 Å². The van der Waals surface area contributed by atoms with Crippen LogP contribution in [0.2, 0.25) is 0 Å². The standard InChI is InChI=1S/C14H18BrF3N2/c1-9(19)10-3-2-6-20(8-10)13-7-11(15)4-5-12(13)14(16,17)18/h4-5,7,9-10H,2-3,6,8,19H2,1H3. The monoisotopic (exact) mass is 350 g/mol. The van der Waals surface area contributed by atoms with Crippen LogP contribution in [0.4, 0.5) is 18.9 Å². The minimum Gasteiger partial charge on any atom is -0.371 e. The van der Waals surface area contributed by atoms with Crippen LogP contribution >= 0.6 is 15.9 Å². The first kappa shape index (κ1) is 15.6. The largest absolute Gasteiger partial charge is 0.418 e. The fraction of sp³-hybridized carbons (Fsp3) is 0.571. The van der Waals surface area contributed by atoms with Crippen molar-refractivity contribution in [3.8, 4) is 0 Å². The number of piperidine rings is 1. The molecule has 0 radical (unpaired) electrons. The number of benzene rings is 1. The predicted molar refractivity (Wildman–Crippen MR) is 77.7 cm³/mol. The Labute approximate surface area is 125 Å². The summed E-state index contributed by atoms with van der Waals surface area (Å²) < 4.78 is 40.0. The molecule has 2 atom stereocenters. The second kappa shape index (κ2) is 5.93. The molecular weight excluding hydrogens is 333 g/mol. The molecule has 1 aromatic rings. The summed E-state index contributed by atoms with van der Waals surface area (Å²) in [7, 11) is 0. The number of alkyl halides is 3. The van der Waals surface area contributed by atoms with Gasteiger partial charge in [-0.15, -0.1) is 0 Å². The van der Waals surface area contributed by atoms with Crippen molar-refractivity contribution in [1.82, 2.24) is 0 Å². The molecule has 2 unspecified atom stereocenters. The van der Waals surface area contributed by atoms with Crippen molar-refractivity contribution in [2.75, 3.05) is 18.0 Å². The van der Waals surface area contributed by atoms with Crippen LogP contribution in [0.3, 0.4) is 0 Å². The fourth-order valence-corrected chi connectivity index (χ4v) is 3.01. The molecule has 2 rings (SSSR count). The maximum atomic E-state index is 13.1. The number of rotatable bonds is 2. The van der Waals surface area contributed by atoms with E-state index in [0.29, 0.717) is 17.6 Å². The molecule has 1 heterocycles. The molecule has 1 fully saturated rings. The van der Waals surface area contributed by atoms with Crippen molar-refractivity contribution in [2.24, 2.45) is 11.7 Å². The number of halogens is 4. The van der Waals surface area contributed by atoms with E-state index in [1.54, 1.807) is 6.07 Å². The summed E-state index contributed by atoms with van der Waals surface area (Å²) in [4.78, 5) is 1.81. The van der Waals surface area contributed by atoms with Gasteiger partial charge >= 0.3 is 6.18 Å². The molecule has 112 valence electrons. The van der Waals surface area contributed by atoms with Crippen LogP contribution in [0.1, 0.15) is 25.3 Å². The Bertz CT molecular complexity index is 474. The van der Waals surface area contributed by atoms with Crippen molar-refractivity contribution in [2.45, 2.75) is 32.0 Å². The number of hydrogen-bond acceptors (Lipinski definition) is 2. The zero-order valence-corrected chi connectivity index (χ0v) is 12.8. The van der Waals surface area contributed by atoms with Gasteiger partial charge < -0.3 is 10.6 Å². The number of nitrogens with two attached hydrogens (primary N) is 1. The first-order valence-electron chi connectivity index (χ1n) is 6.66. The van der Waals surface area contributed by atoms with E-state index in [-0.39, 0.29) is 17.6 Å². The molecule has 1 aliphatic rings. The Morgan fingerprint density at radius 1 is 1.40 bits per heavy atom. The summed E-state index contributed by atoms with van der Waals surface area (Å²) in [5.74, 6) is 0.240. The molecular formula is C14H18BrF3N2. The lowest BCUT2D eigenvalue weighted by Gasteiger charge is -2.37. The van der Waals surface area contributed by atoms with Gasteiger partial charge in [-0.05, 0) is 43.9 Å². The van der Waals surface area contributed by atoms with Gasteiger partial charge in [-0.1, -0.05) is 15.9 Å². The number of hydrogen-bond donors (Lipinski definition) is 1. The van der Waals surface area contributed by atoms with Gasteiger partial charge in [0.05, 0.1) is 11.3 Å². The third-order valence-electron chi connectivity index (χ3n) is 3.81. The molecule has 0 spiro atoms. The van der Waals surface area contributed by atoms with Crippen LogP contribution in [-0.4, -0.2) is 19.1 Å². The van der Waals surface area contributed by atoms with E-state index in [2.05, 4.69) is 15.9 Å². The molecule has 0 saturated carbocycles. The topological polar surface area (TPSA) is 29.3 Å². The summed E-state index contributed by atoms with van der Waals surface area (Å²) in [6.45, 7) is 3.14. The van der Waals surface area contributed by atoms with E-state index in [1.807, 2.05) is 11.8 Å². The van der Waals surface area contributed by atoms with Crippen molar-refractivity contribution in [3.05, 3.63) is 28.2 Å². The SMILES string of the molecule is CC(N)C1CCCN(c2cc(Br)ccc2C(F)(F)F)C1. The highest BCUT2D eigenvalue weighted by Gasteiger charge is 2.36. The zero-order valence-electron chi connectivity index (χ0n) is 11.3. The lowest BCUT2D eigenvalue weighted by Crippen LogP contribution is -2.43. The molecule has 2 N–H and O–H groups in total. The van der Waals surface area contributed by atoms with E-state index in [4.69, 9.17) is 5.73 Å². The molecule has 1 aromatic carbocycles. The molecule has 1 saturated heterocycles. The second-order valence-corrected chi connectivity index (χ2v) is 6.28. The van der Waals surface area contributed by atoms with E-state index in [0.717, 1.165) is 18.9 Å². The minimum absolute atomic E-state index is 0.000658. The first-order valence-corrected chi connectivity index (χ1v) is 7.45. The molecule has 6 heteroatoms. The lowest BCUT2D eigenvalue weighted by molar-refractivity contribution is -0.137. The summed E-state index contributed by atoms with van der Waals surface area (Å²) >= 11 is 3.26. The molecule has 2 nitrogen and oxygen atoms in total. The van der Waals surface area contributed by atoms with E-state index in [1.165, 1.54) is 6.07 Å². The lowest BCUT2D eigenvalue weighted by atomic mass is 9.91. The molecule has 0 amide bonds. The van der Waals surface area contributed by atoms with Gasteiger partial charge in [0.15, 0.2) is 0 Å². The van der Waals surface area contributed by atoms with Crippen molar-refractivity contribution < 1.29 is 13.2 Å². The average molecular weight is 351 g/mol. The van der Waals surface area contributed by atoms with E-state index < -0.39 is 11.7 Å². The Hall–Kier alpha value is -0.750. The number of anilines is 1. The highest BCUT2D eigenvalue weighted by Crippen LogP contribution is 2.39. The molecule has 1 aliphatic heterocycles. The summed E-state index contributed by atoms with van der Waals surface area (Å²) in [6.07, 6.45) is -2.49. The van der Waals surface area contributed by atoms with Crippen LogP contribution in [-0.2, 0) is 6.18 Å². The summed E-state index contributed by atoms with van der Waals surface area (Å²) in [5, 5.41) is 0. The van der Waals surface area contributed by atoms with Gasteiger partial charge in [-0.2, -0.15) is 13.2 Å². The highest BCUT2D eigenvalue weighted by molar-refractivity contribution is 9.10. The smallest absolute Gasteiger partial charge is 0.371 e. The normalized spacial score (nSPS) is 21.9. The molecule has 0 aliphatic carbocycles. The van der Waals surface area contributed by atoms with Crippen LogP contribution in [0.15, 0.2) is 22.7 Å². The van der Waals surface area contributed by atoms with E-state index >= 15 is 0 Å². The number of nitrogens with zero attached hydrogens (tertiary/aromatic N) is 1. The molecule has 0 aromatic heterocycles. The first-order chi connectivity index (χ1) is 9.29. The van der Waals surface area contributed by atoms with Crippen molar-refractivity contribution >= 4 is 21.6 Å². The maximum Gasteiger partial charge on any atom is 0.418 e. The zero-order chi connectivity index (χ0) is 14.9. The Kier molecular flexibility index (Phi) is 4.64. The molecule has 0 bridgehead atoms. The highest BCUT2D eigenvalue weighted by atomic mass is 79.9. The van der Waals surface area contributed by atoms with Crippen LogP contribution in [0, 0.1) is 5.92 Å². The summed E-state index contributed by atoms with van der Waals surface area (Å²) in [6, 6.07) is 4.11. The van der Waals surface area contributed by atoms with Gasteiger partial charge in [0.1, 0.15) is 0 Å². The fourth-order valence-electron chi connectivity index (χ4n) is 2.66. The van der Waals surface area contributed by atoms with Gasteiger partial charge in [0, 0.05) is 23.6 Å². The van der Waals surface area contributed by atoms with Gasteiger partial charge in [-0.3, -0.25) is 0 Å². The average Bonchev–Trinajstić information content (AvgIpc) is 2.37. The minimum atomic E-state index is -4.34. The quantitative estimate of drug-likeness (QED) is 0.872. The van der Waals surface area contributed by atoms with Crippen LogP contribution < -0.4 is 10.6 Å². The Morgan fingerprint density at radius 2 is 2.10 bits per heavy atom. The van der Waals surface area contributed by atoms with Crippen LogP contribution in [0.5, 0.6) is 0 Å². The third-order valence-corrected chi connectivity index (χ3v) is 4.30. The predicted octanol–water partition coefficient (Wildman–Crippen LogP) is 4.03. The van der Waals surface area contributed by atoms with Gasteiger partial charge in [0.25, 0.3) is 0 Å². The maximum absolute atomic E-state index is 13.1. The van der Waals surface area contributed by atoms with Gasteiger partial charge in [-0.25, -0.2) is 0 Å². The van der Waals surface area contributed by atoms with Crippen molar-refractivity contribution in [1.29, 1.82) is 0 Å². The molecule has 20 heavy (non-hydrogen) atoms. The van der Waals surface area contributed by atoms with E-state index in [9.17, 15) is 13.2 Å². The summed E-state index contributed by atoms with van der Waals surface area (Å²) in [5.41, 5.74) is 5.57. The third kappa shape index (κ3) is 3.47.